The average molecular weight is 289 g/mol. The third kappa shape index (κ3) is 4.24. The highest BCUT2D eigenvalue weighted by atomic mass is 16.6. The smallest absolute Gasteiger partial charge is 0.408 e. The van der Waals surface area contributed by atoms with Gasteiger partial charge in [0.15, 0.2) is 11.6 Å². The van der Waals surface area contributed by atoms with Gasteiger partial charge in [-0.15, -0.1) is 0 Å². The number of ether oxygens (including phenoxy) is 1. The number of benzene rings is 1. The molecule has 0 radical (unpaired) electrons. The molecule has 3 N–H and O–H groups in total. The van der Waals surface area contributed by atoms with Gasteiger partial charge in [0.2, 0.25) is 0 Å². The van der Waals surface area contributed by atoms with Crippen molar-refractivity contribution in [3.8, 4) is 0 Å². The van der Waals surface area contributed by atoms with Crippen LogP contribution >= 0.6 is 0 Å². The van der Waals surface area contributed by atoms with Crippen molar-refractivity contribution in [2.24, 2.45) is 0 Å². The summed E-state index contributed by atoms with van der Waals surface area (Å²) in [5.41, 5.74) is 5.85. The minimum Gasteiger partial charge on any atom is -0.444 e. The first kappa shape index (κ1) is 14.9. The maximum Gasteiger partial charge on any atom is 0.408 e. The zero-order chi connectivity index (χ0) is 15.5. The zero-order valence-corrected chi connectivity index (χ0v) is 12.3. The van der Waals surface area contributed by atoms with Gasteiger partial charge in [-0.3, -0.25) is 0 Å². The molecule has 0 aliphatic rings. The molecule has 0 aliphatic carbocycles. The summed E-state index contributed by atoms with van der Waals surface area (Å²) in [6.07, 6.45) is -0.536. The first-order valence-corrected chi connectivity index (χ1v) is 6.62. The fraction of sp³-hybridized carbons (Fsp3) is 0.333. The number of carbonyl (C=O) groups excluding carboxylic acids is 1. The van der Waals surface area contributed by atoms with Gasteiger partial charge in [0.1, 0.15) is 11.6 Å². The Balaban J connectivity index is 2.23. The van der Waals surface area contributed by atoms with Gasteiger partial charge in [-0.25, -0.2) is 4.79 Å². The Labute approximate surface area is 123 Å². The summed E-state index contributed by atoms with van der Waals surface area (Å²) in [6.45, 7) is 5.41. The molecule has 1 unspecified atom stereocenters. The van der Waals surface area contributed by atoms with Crippen LogP contribution in [0.25, 0.3) is 0 Å². The SMILES string of the molecule is CC(C)(C)OC(=O)NC(c1ccccc1)c1cc(N)no1. The van der Waals surface area contributed by atoms with Gasteiger partial charge in [0.25, 0.3) is 0 Å². The van der Waals surface area contributed by atoms with Crippen LogP contribution in [-0.4, -0.2) is 16.9 Å². The number of carbonyl (C=O) groups is 1. The molecule has 1 aromatic carbocycles. The lowest BCUT2D eigenvalue weighted by atomic mass is 10.0. The Morgan fingerprint density at radius 3 is 2.52 bits per heavy atom. The molecule has 112 valence electrons. The molecule has 1 amide bonds. The van der Waals surface area contributed by atoms with Crippen molar-refractivity contribution in [3.05, 3.63) is 47.7 Å². The van der Waals surface area contributed by atoms with E-state index < -0.39 is 17.7 Å². The molecule has 0 bridgehead atoms. The van der Waals surface area contributed by atoms with Crippen LogP contribution in [0.5, 0.6) is 0 Å². The minimum absolute atomic E-state index is 0.261. The standard InChI is InChI=1S/C15H19N3O3/c1-15(2,3)20-14(19)17-13(10-7-5-4-6-8-10)11-9-12(16)18-21-11/h4-9,13H,1-3H3,(H2,16,18)(H,17,19). The van der Waals surface area contributed by atoms with Gasteiger partial charge in [0, 0.05) is 6.07 Å². The van der Waals surface area contributed by atoms with Crippen molar-refractivity contribution in [2.75, 3.05) is 5.73 Å². The van der Waals surface area contributed by atoms with Crippen LogP contribution in [0.15, 0.2) is 40.9 Å². The Morgan fingerprint density at radius 2 is 2.00 bits per heavy atom. The molecule has 2 aromatic rings. The van der Waals surface area contributed by atoms with E-state index in [0.29, 0.717) is 5.76 Å². The second-order valence-corrected chi connectivity index (χ2v) is 5.64. The summed E-state index contributed by atoms with van der Waals surface area (Å²) in [7, 11) is 0. The number of nitrogens with one attached hydrogen (secondary N) is 1. The van der Waals surface area contributed by atoms with Crippen LogP contribution in [0.3, 0.4) is 0 Å². The molecule has 1 heterocycles. The topological polar surface area (TPSA) is 90.4 Å². The van der Waals surface area contributed by atoms with Crippen molar-refractivity contribution in [1.29, 1.82) is 0 Å². The fourth-order valence-corrected chi connectivity index (χ4v) is 1.83. The number of rotatable bonds is 3. The second-order valence-electron chi connectivity index (χ2n) is 5.64. The second kappa shape index (κ2) is 5.87. The lowest BCUT2D eigenvalue weighted by molar-refractivity contribution is 0.0506. The third-order valence-electron chi connectivity index (χ3n) is 2.63. The van der Waals surface area contributed by atoms with Crippen molar-refractivity contribution < 1.29 is 14.1 Å². The minimum atomic E-state index is -0.578. The molecule has 0 spiro atoms. The van der Waals surface area contributed by atoms with Crippen LogP contribution in [-0.2, 0) is 4.74 Å². The summed E-state index contributed by atoms with van der Waals surface area (Å²) >= 11 is 0. The van der Waals surface area contributed by atoms with E-state index >= 15 is 0 Å². The summed E-state index contributed by atoms with van der Waals surface area (Å²) in [4.78, 5) is 12.0. The van der Waals surface area contributed by atoms with Crippen molar-refractivity contribution >= 4 is 11.9 Å². The molecular formula is C15H19N3O3. The van der Waals surface area contributed by atoms with Crippen LogP contribution in [0.4, 0.5) is 10.6 Å². The molecule has 0 saturated carbocycles. The summed E-state index contributed by atoms with van der Waals surface area (Å²) < 4.78 is 10.4. The highest BCUT2D eigenvalue weighted by Crippen LogP contribution is 2.24. The van der Waals surface area contributed by atoms with Gasteiger partial charge in [-0.2, -0.15) is 0 Å². The molecule has 6 nitrogen and oxygen atoms in total. The van der Waals surface area contributed by atoms with Crippen LogP contribution in [0.2, 0.25) is 0 Å². The van der Waals surface area contributed by atoms with Crippen molar-refractivity contribution in [1.82, 2.24) is 10.5 Å². The maximum absolute atomic E-state index is 12.0. The Bertz CT molecular complexity index is 602. The molecule has 0 aliphatic heterocycles. The summed E-state index contributed by atoms with van der Waals surface area (Å²) in [5, 5.41) is 6.42. The van der Waals surface area contributed by atoms with Gasteiger partial charge in [-0.1, -0.05) is 35.5 Å². The van der Waals surface area contributed by atoms with Crippen molar-refractivity contribution in [2.45, 2.75) is 32.4 Å². The zero-order valence-electron chi connectivity index (χ0n) is 12.3. The first-order chi connectivity index (χ1) is 9.85. The Hall–Kier alpha value is -2.50. The molecule has 1 atom stereocenters. The normalized spacial score (nSPS) is 12.7. The van der Waals surface area contributed by atoms with E-state index in [-0.39, 0.29) is 5.82 Å². The lowest BCUT2D eigenvalue weighted by Gasteiger charge is -2.22. The number of alkyl carbamates (subject to hydrolysis) is 1. The number of nitrogens with two attached hydrogens (primary N) is 1. The summed E-state index contributed by atoms with van der Waals surface area (Å²) in [5.74, 6) is 0.710. The van der Waals surface area contributed by atoms with E-state index in [9.17, 15) is 4.79 Å². The Kier molecular flexibility index (Phi) is 4.16. The Morgan fingerprint density at radius 1 is 1.33 bits per heavy atom. The molecule has 0 saturated heterocycles. The summed E-state index contributed by atoms with van der Waals surface area (Å²) in [6, 6.07) is 10.5. The third-order valence-corrected chi connectivity index (χ3v) is 2.63. The fourth-order valence-electron chi connectivity index (χ4n) is 1.83. The molecule has 0 fully saturated rings. The van der Waals surface area contributed by atoms with Gasteiger partial charge in [0.05, 0.1) is 0 Å². The molecule has 6 heteroatoms. The van der Waals surface area contributed by atoms with Gasteiger partial charge < -0.3 is 20.3 Å². The van der Waals surface area contributed by atoms with E-state index in [1.807, 2.05) is 30.3 Å². The largest absolute Gasteiger partial charge is 0.444 e. The van der Waals surface area contributed by atoms with Crippen LogP contribution in [0, 0.1) is 0 Å². The number of hydrogen-bond acceptors (Lipinski definition) is 5. The van der Waals surface area contributed by atoms with Crippen LogP contribution in [0.1, 0.15) is 38.1 Å². The molecule has 21 heavy (non-hydrogen) atoms. The number of nitrogen functional groups attached to an aromatic ring is 1. The number of anilines is 1. The van der Waals surface area contributed by atoms with E-state index in [1.165, 1.54) is 0 Å². The average Bonchev–Trinajstić information content (AvgIpc) is 2.81. The number of hydrogen-bond donors (Lipinski definition) is 2. The monoisotopic (exact) mass is 289 g/mol. The van der Waals surface area contributed by atoms with E-state index in [1.54, 1.807) is 26.8 Å². The van der Waals surface area contributed by atoms with Crippen LogP contribution < -0.4 is 11.1 Å². The van der Waals surface area contributed by atoms with Gasteiger partial charge >= 0.3 is 6.09 Å². The number of amides is 1. The number of aromatic nitrogens is 1. The quantitative estimate of drug-likeness (QED) is 0.906. The molecule has 1 aromatic heterocycles. The van der Waals surface area contributed by atoms with Crippen molar-refractivity contribution in [3.63, 3.8) is 0 Å². The van der Waals surface area contributed by atoms with E-state index in [2.05, 4.69) is 10.5 Å². The van der Waals surface area contributed by atoms with Gasteiger partial charge in [-0.05, 0) is 26.3 Å². The lowest BCUT2D eigenvalue weighted by Crippen LogP contribution is -2.35. The molecular weight excluding hydrogens is 270 g/mol. The highest BCUT2D eigenvalue weighted by molar-refractivity contribution is 5.69. The van der Waals surface area contributed by atoms with E-state index in [0.717, 1.165) is 5.56 Å². The highest BCUT2D eigenvalue weighted by Gasteiger charge is 2.24. The number of nitrogens with zero attached hydrogens (tertiary/aromatic N) is 1. The predicted octanol–water partition coefficient (Wildman–Crippen LogP) is 2.87. The first-order valence-electron chi connectivity index (χ1n) is 6.62. The molecule has 2 rings (SSSR count). The maximum atomic E-state index is 12.0. The predicted molar refractivity (Wildman–Crippen MR) is 78.6 cm³/mol. The van der Waals surface area contributed by atoms with E-state index in [4.69, 9.17) is 15.0 Å².